The molecule has 194 valence electrons. The average molecular weight is 503 g/mol. The van der Waals surface area contributed by atoms with Crippen LogP contribution in [0.5, 0.6) is 0 Å². The number of benzene rings is 3. The number of ether oxygens (including phenoxy) is 5. The molecule has 0 saturated carbocycles. The van der Waals surface area contributed by atoms with E-state index in [2.05, 4.69) is 36.4 Å². The Bertz CT molecular complexity index is 1070. The van der Waals surface area contributed by atoms with Gasteiger partial charge >= 0.3 is 5.97 Å². The van der Waals surface area contributed by atoms with E-state index in [0.29, 0.717) is 6.42 Å². The van der Waals surface area contributed by atoms with Gasteiger partial charge in [0.25, 0.3) is 0 Å². The highest BCUT2D eigenvalue weighted by Crippen LogP contribution is 2.44. The maximum absolute atomic E-state index is 11.8. The molecule has 6 nitrogen and oxygen atoms in total. The number of hydrogen-bond donors (Lipinski definition) is 0. The molecule has 2 saturated heterocycles. The van der Waals surface area contributed by atoms with Gasteiger partial charge in [-0.2, -0.15) is 0 Å². The molecule has 0 aliphatic carbocycles. The summed E-state index contributed by atoms with van der Waals surface area (Å²) in [5.74, 6) is -1.01. The molecule has 0 bridgehead atoms. The molecule has 4 atom stereocenters. The summed E-state index contributed by atoms with van der Waals surface area (Å²) in [6.45, 7) is 4.08. The van der Waals surface area contributed by atoms with E-state index in [9.17, 15) is 4.79 Å². The number of fused-ring (bicyclic) bond motifs is 1. The zero-order chi connectivity index (χ0) is 25.9. The number of rotatable bonds is 9. The minimum absolute atomic E-state index is 0.254. The van der Waals surface area contributed by atoms with E-state index in [4.69, 9.17) is 23.7 Å². The number of carbonyl (C=O) groups excluding carboxylic acids is 1. The Morgan fingerprint density at radius 2 is 1.24 bits per heavy atom. The third-order valence-corrected chi connectivity index (χ3v) is 7.11. The highest BCUT2D eigenvalue weighted by Gasteiger charge is 2.55. The van der Waals surface area contributed by atoms with Crippen molar-refractivity contribution in [3.8, 4) is 0 Å². The van der Waals surface area contributed by atoms with Gasteiger partial charge in [-0.05, 0) is 37.0 Å². The van der Waals surface area contributed by atoms with Gasteiger partial charge in [0, 0.05) is 6.42 Å². The quantitative estimate of drug-likeness (QED) is 0.295. The number of esters is 1. The van der Waals surface area contributed by atoms with Crippen molar-refractivity contribution < 1.29 is 28.5 Å². The summed E-state index contributed by atoms with van der Waals surface area (Å²) in [6, 6.07) is 30.7. The Morgan fingerprint density at radius 1 is 0.784 bits per heavy atom. The lowest BCUT2D eigenvalue weighted by Crippen LogP contribution is -2.39. The molecule has 3 aromatic carbocycles. The smallest absolute Gasteiger partial charge is 0.305 e. The fourth-order valence-electron chi connectivity index (χ4n) is 5.48. The summed E-state index contributed by atoms with van der Waals surface area (Å²) in [7, 11) is 1.39. The molecular weight excluding hydrogens is 468 g/mol. The van der Waals surface area contributed by atoms with Gasteiger partial charge in [-0.1, -0.05) is 91.0 Å². The Balaban J connectivity index is 1.49. The number of carbonyl (C=O) groups is 1. The molecule has 37 heavy (non-hydrogen) atoms. The van der Waals surface area contributed by atoms with Crippen LogP contribution in [0.3, 0.4) is 0 Å². The third kappa shape index (κ3) is 5.20. The standard InChI is InChI=1S/C31H34O6/c1-30(2)36-28-25(19-20-27(32)33-3)35-26(29(28)37-30)21-34-31(22-13-7-4-8-14-22,23-15-9-5-10-16-23)24-17-11-6-12-18-24/h4-18,25-26,28-29H,19-21H2,1-3H3/t25-,26+,28-,29+/m0/s1. The highest BCUT2D eigenvalue weighted by molar-refractivity contribution is 5.69. The minimum atomic E-state index is -0.859. The van der Waals surface area contributed by atoms with E-state index in [1.54, 1.807) is 0 Å². The summed E-state index contributed by atoms with van der Waals surface area (Å²) in [6.07, 6.45) is -0.510. The predicted octanol–water partition coefficient (Wildman–Crippen LogP) is 5.24. The molecule has 0 spiro atoms. The molecule has 0 aromatic heterocycles. The topological polar surface area (TPSA) is 63.2 Å². The molecule has 0 unspecified atom stereocenters. The lowest BCUT2D eigenvalue weighted by Gasteiger charge is -2.37. The molecule has 5 rings (SSSR count). The van der Waals surface area contributed by atoms with Crippen LogP contribution in [0.25, 0.3) is 0 Å². The second kappa shape index (κ2) is 10.8. The van der Waals surface area contributed by atoms with Gasteiger partial charge in [-0.3, -0.25) is 4.79 Å². The van der Waals surface area contributed by atoms with Crippen molar-refractivity contribution in [2.45, 2.75) is 62.5 Å². The van der Waals surface area contributed by atoms with Crippen LogP contribution in [0.1, 0.15) is 43.4 Å². The largest absolute Gasteiger partial charge is 0.469 e. The first-order chi connectivity index (χ1) is 17.9. The molecule has 2 fully saturated rings. The zero-order valence-corrected chi connectivity index (χ0v) is 21.5. The summed E-state index contributed by atoms with van der Waals surface area (Å²) >= 11 is 0. The molecule has 2 aliphatic heterocycles. The van der Waals surface area contributed by atoms with Gasteiger partial charge in [-0.15, -0.1) is 0 Å². The average Bonchev–Trinajstić information content (AvgIpc) is 3.42. The van der Waals surface area contributed by atoms with Crippen LogP contribution < -0.4 is 0 Å². The molecule has 6 heteroatoms. The van der Waals surface area contributed by atoms with E-state index in [1.165, 1.54) is 7.11 Å². The zero-order valence-electron chi connectivity index (χ0n) is 21.5. The minimum Gasteiger partial charge on any atom is -0.469 e. The van der Waals surface area contributed by atoms with Gasteiger partial charge in [0.2, 0.25) is 0 Å². The van der Waals surface area contributed by atoms with Crippen LogP contribution in [0, 0.1) is 0 Å². The SMILES string of the molecule is COC(=O)CC[C@@H]1O[C@H](COC(c2ccccc2)(c2ccccc2)c2ccccc2)[C@H]2OC(C)(C)O[C@H]21. The first-order valence-corrected chi connectivity index (χ1v) is 12.8. The Labute approximate surface area is 218 Å². The summed E-state index contributed by atoms with van der Waals surface area (Å²) in [5, 5.41) is 0. The molecular formula is C31H34O6. The fourth-order valence-corrected chi connectivity index (χ4v) is 5.48. The normalized spacial score (nSPS) is 24.5. The van der Waals surface area contributed by atoms with Crippen molar-refractivity contribution in [1.82, 2.24) is 0 Å². The van der Waals surface area contributed by atoms with Crippen LogP contribution in [0.4, 0.5) is 0 Å². The van der Waals surface area contributed by atoms with Crippen molar-refractivity contribution >= 4 is 5.97 Å². The summed E-state index contributed by atoms with van der Waals surface area (Å²) in [4.78, 5) is 11.8. The third-order valence-electron chi connectivity index (χ3n) is 7.11. The van der Waals surface area contributed by atoms with Crippen LogP contribution >= 0.6 is 0 Å². The maximum atomic E-state index is 11.8. The van der Waals surface area contributed by atoms with Crippen LogP contribution in [-0.2, 0) is 34.1 Å². The van der Waals surface area contributed by atoms with Crippen LogP contribution in [0.15, 0.2) is 91.0 Å². The molecule has 0 N–H and O–H groups in total. The molecule has 0 amide bonds. The van der Waals surface area contributed by atoms with E-state index < -0.39 is 11.4 Å². The monoisotopic (exact) mass is 502 g/mol. The van der Waals surface area contributed by atoms with Crippen molar-refractivity contribution in [2.24, 2.45) is 0 Å². The van der Waals surface area contributed by atoms with Gasteiger partial charge in [-0.25, -0.2) is 0 Å². The lowest BCUT2D eigenvalue weighted by molar-refractivity contribution is -0.196. The fraction of sp³-hybridized carbons (Fsp3) is 0.387. The summed E-state index contributed by atoms with van der Waals surface area (Å²) in [5.41, 5.74) is 2.20. The molecule has 2 heterocycles. The second-order valence-electron chi connectivity index (χ2n) is 9.98. The predicted molar refractivity (Wildman–Crippen MR) is 139 cm³/mol. The molecule has 0 radical (unpaired) electrons. The van der Waals surface area contributed by atoms with Gasteiger partial charge in [0.15, 0.2) is 5.79 Å². The molecule has 3 aromatic rings. The van der Waals surface area contributed by atoms with Crippen LogP contribution in [0.2, 0.25) is 0 Å². The maximum Gasteiger partial charge on any atom is 0.305 e. The van der Waals surface area contributed by atoms with E-state index in [-0.39, 0.29) is 43.4 Å². The van der Waals surface area contributed by atoms with Crippen molar-refractivity contribution in [1.29, 1.82) is 0 Å². The first-order valence-electron chi connectivity index (χ1n) is 12.8. The Morgan fingerprint density at radius 3 is 1.70 bits per heavy atom. The van der Waals surface area contributed by atoms with Gasteiger partial charge < -0.3 is 23.7 Å². The van der Waals surface area contributed by atoms with Gasteiger partial charge in [0.1, 0.15) is 23.9 Å². The van der Waals surface area contributed by atoms with E-state index >= 15 is 0 Å². The van der Waals surface area contributed by atoms with E-state index in [0.717, 1.165) is 16.7 Å². The van der Waals surface area contributed by atoms with Gasteiger partial charge in [0.05, 0.1) is 19.8 Å². The number of hydrogen-bond acceptors (Lipinski definition) is 6. The summed E-state index contributed by atoms with van der Waals surface area (Å²) < 4.78 is 30.8. The molecule has 2 aliphatic rings. The number of methoxy groups -OCH3 is 1. The van der Waals surface area contributed by atoms with Crippen molar-refractivity contribution in [2.75, 3.05) is 13.7 Å². The highest BCUT2D eigenvalue weighted by atomic mass is 16.8. The van der Waals surface area contributed by atoms with E-state index in [1.807, 2.05) is 68.4 Å². The Kier molecular flexibility index (Phi) is 7.45. The Hall–Kier alpha value is -3.03. The van der Waals surface area contributed by atoms with Crippen molar-refractivity contribution in [3.63, 3.8) is 0 Å². The van der Waals surface area contributed by atoms with Crippen molar-refractivity contribution in [3.05, 3.63) is 108 Å². The lowest BCUT2D eigenvalue weighted by atomic mass is 9.80. The van der Waals surface area contributed by atoms with Crippen LogP contribution in [-0.4, -0.2) is 49.9 Å². The second-order valence-corrected chi connectivity index (χ2v) is 9.98. The first kappa shape index (κ1) is 25.6.